The van der Waals surface area contributed by atoms with Gasteiger partial charge in [-0.05, 0) is 43.3 Å². The Hall–Kier alpha value is -3.40. The zero-order valence-electron chi connectivity index (χ0n) is 17.8. The third-order valence-corrected chi connectivity index (χ3v) is 6.18. The molecule has 0 fully saturated rings. The predicted molar refractivity (Wildman–Crippen MR) is 116 cm³/mol. The van der Waals surface area contributed by atoms with Crippen molar-refractivity contribution in [3.63, 3.8) is 0 Å². The molecule has 10 heteroatoms. The standard InChI is InChI=1S/C22H22FN3O5S/c1-22(13-23)12-17-18(30-15-4-6-16(7-5-15)32(3,28)29)10-14(11-19(17)31-22)21(27)24-20-8-9-26(2)25-20/h4-11H,12-13H2,1-3H3,(H,24,25,27). The molecule has 0 saturated carbocycles. The lowest BCUT2D eigenvalue weighted by Crippen LogP contribution is -2.32. The Morgan fingerprint density at radius 3 is 2.59 bits per heavy atom. The number of sulfone groups is 1. The Morgan fingerprint density at radius 2 is 2.00 bits per heavy atom. The molecule has 2 heterocycles. The van der Waals surface area contributed by atoms with Gasteiger partial charge in [-0.2, -0.15) is 5.10 Å². The van der Waals surface area contributed by atoms with Gasteiger partial charge in [0.05, 0.1) is 4.90 Å². The summed E-state index contributed by atoms with van der Waals surface area (Å²) in [5.74, 6) is 1.02. The number of nitrogens with zero attached hydrogens (tertiary/aromatic N) is 2. The van der Waals surface area contributed by atoms with Gasteiger partial charge in [-0.25, -0.2) is 12.8 Å². The molecule has 1 atom stereocenters. The quantitative estimate of drug-likeness (QED) is 0.605. The summed E-state index contributed by atoms with van der Waals surface area (Å²) in [7, 11) is -1.61. The summed E-state index contributed by atoms with van der Waals surface area (Å²) in [6, 6.07) is 10.7. The van der Waals surface area contributed by atoms with Gasteiger partial charge in [0, 0.05) is 43.1 Å². The number of alkyl halides is 1. The first-order chi connectivity index (χ1) is 15.1. The molecule has 1 unspecified atom stereocenters. The van der Waals surface area contributed by atoms with Crippen LogP contribution in [-0.4, -0.2) is 42.6 Å². The normalized spacial score (nSPS) is 17.5. The summed E-state index contributed by atoms with van der Waals surface area (Å²) in [5, 5.41) is 6.82. The van der Waals surface area contributed by atoms with Gasteiger partial charge in [0.2, 0.25) is 0 Å². The summed E-state index contributed by atoms with van der Waals surface area (Å²) in [4.78, 5) is 13.0. The number of anilines is 1. The molecule has 32 heavy (non-hydrogen) atoms. The third kappa shape index (κ3) is 4.45. The number of nitrogens with one attached hydrogen (secondary N) is 1. The van der Waals surface area contributed by atoms with Crippen molar-refractivity contribution in [1.82, 2.24) is 9.78 Å². The van der Waals surface area contributed by atoms with Crippen molar-refractivity contribution in [3.05, 3.63) is 59.8 Å². The van der Waals surface area contributed by atoms with Crippen molar-refractivity contribution in [2.45, 2.75) is 23.8 Å². The van der Waals surface area contributed by atoms with E-state index in [1.807, 2.05) is 0 Å². The van der Waals surface area contributed by atoms with Crippen molar-refractivity contribution < 1.29 is 27.1 Å². The second-order valence-electron chi connectivity index (χ2n) is 7.99. The van der Waals surface area contributed by atoms with Crippen molar-refractivity contribution in [3.8, 4) is 17.2 Å². The highest BCUT2D eigenvalue weighted by molar-refractivity contribution is 7.90. The summed E-state index contributed by atoms with van der Waals surface area (Å²) in [6.07, 6.45) is 3.08. The minimum atomic E-state index is -3.34. The number of aryl methyl sites for hydroxylation is 1. The number of benzene rings is 2. The number of halogens is 1. The number of aromatic nitrogens is 2. The summed E-state index contributed by atoms with van der Waals surface area (Å²) < 4.78 is 50.3. The van der Waals surface area contributed by atoms with Crippen molar-refractivity contribution in [2.24, 2.45) is 7.05 Å². The molecule has 168 valence electrons. The van der Waals surface area contributed by atoms with Gasteiger partial charge in [-0.15, -0.1) is 0 Å². The Morgan fingerprint density at radius 1 is 1.28 bits per heavy atom. The molecule has 1 aliphatic heterocycles. The third-order valence-electron chi connectivity index (χ3n) is 5.05. The van der Waals surface area contributed by atoms with Crippen LogP contribution < -0.4 is 14.8 Å². The fraction of sp³-hybridized carbons (Fsp3) is 0.273. The number of ether oxygens (including phenoxy) is 2. The molecule has 1 aromatic heterocycles. The van der Waals surface area contributed by atoms with Crippen LogP contribution in [0.2, 0.25) is 0 Å². The first-order valence-corrected chi connectivity index (χ1v) is 11.7. The molecule has 1 N–H and O–H groups in total. The van der Waals surface area contributed by atoms with E-state index in [1.54, 1.807) is 43.0 Å². The fourth-order valence-corrected chi connectivity index (χ4v) is 4.04. The summed E-state index contributed by atoms with van der Waals surface area (Å²) in [6.45, 7) is 0.935. The minimum absolute atomic E-state index is 0.159. The van der Waals surface area contributed by atoms with E-state index in [9.17, 15) is 17.6 Å². The van der Waals surface area contributed by atoms with Crippen molar-refractivity contribution >= 4 is 21.6 Å². The number of carbonyl (C=O) groups excluding carboxylic acids is 1. The Balaban J connectivity index is 1.68. The fourth-order valence-electron chi connectivity index (χ4n) is 3.41. The number of fused-ring (bicyclic) bond motifs is 1. The second-order valence-corrected chi connectivity index (χ2v) is 10.0. The average molecular weight is 459 g/mol. The zero-order chi connectivity index (χ0) is 23.1. The van der Waals surface area contributed by atoms with Gasteiger partial charge in [0.15, 0.2) is 15.7 Å². The lowest BCUT2D eigenvalue weighted by atomic mass is 9.99. The molecule has 3 aromatic rings. The lowest BCUT2D eigenvalue weighted by molar-refractivity contribution is 0.0833. The number of carbonyl (C=O) groups is 1. The number of rotatable bonds is 6. The largest absolute Gasteiger partial charge is 0.484 e. The van der Waals surface area contributed by atoms with E-state index in [0.717, 1.165) is 6.26 Å². The highest BCUT2D eigenvalue weighted by Crippen LogP contribution is 2.43. The molecule has 0 saturated heterocycles. The van der Waals surface area contributed by atoms with Crippen LogP contribution in [0.4, 0.5) is 10.2 Å². The van der Waals surface area contributed by atoms with Crippen LogP contribution in [0.15, 0.2) is 53.6 Å². The smallest absolute Gasteiger partial charge is 0.257 e. The maximum Gasteiger partial charge on any atom is 0.257 e. The first-order valence-electron chi connectivity index (χ1n) is 9.77. The van der Waals surface area contributed by atoms with Crippen LogP contribution in [0.3, 0.4) is 0 Å². The van der Waals surface area contributed by atoms with E-state index in [4.69, 9.17) is 9.47 Å². The maximum atomic E-state index is 13.6. The van der Waals surface area contributed by atoms with Gasteiger partial charge in [-0.3, -0.25) is 9.48 Å². The molecular formula is C22H22FN3O5S. The number of amides is 1. The molecule has 1 amide bonds. The minimum Gasteiger partial charge on any atom is -0.484 e. The van der Waals surface area contributed by atoms with E-state index in [0.29, 0.717) is 28.6 Å². The maximum absolute atomic E-state index is 13.6. The molecule has 2 aromatic carbocycles. The first kappa shape index (κ1) is 21.8. The van der Waals surface area contributed by atoms with E-state index in [1.165, 1.54) is 24.3 Å². The average Bonchev–Trinajstić information content (AvgIpc) is 3.30. The Labute approximate surface area is 184 Å². The number of hydrogen-bond donors (Lipinski definition) is 1. The second kappa shape index (κ2) is 7.94. The molecule has 1 aliphatic rings. The lowest BCUT2D eigenvalue weighted by Gasteiger charge is -2.19. The Bertz CT molecular complexity index is 1290. The van der Waals surface area contributed by atoms with E-state index >= 15 is 0 Å². The molecule has 0 bridgehead atoms. The van der Waals surface area contributed by atoms with Gasteiger partial charge in [-0.1, -0.05) is 0 Å². The van der Waals surface area contributed by atoms with Crippen molar-refractivity contribution in [1.29, 1.82) is 0 Å². The molecular weight excluding hydrogens is 437 g/mol. The van der Waals surface area contributed by atoms with E-state index in [2.05, 4.69) is 10.4 Å². The van der Waals surface area contributed by atoms with Crippen molar-refractivity contribution in [2.75, 3.05) is 18.2 Å². The van der Waals surface area contributed by atoms with Gasteiger partial charge >= 0.3 is 0 Å². The Kier molecular flexibility index (Phi) is 5.41. The van der Waals surface area contributed by atoms with E-state index in [-0.39, 0.29) is 16.9 Å². The van der Waals surface area contributed by atoms with Crippen LogP contribution in [-0.2, 0) is 23.3 Å². The molecule has 4 rings (SSSR count). The van der Waals surface area contributed by atoms with Crippen LogP contribution in [0, 0.1) is 0 Å². The highest BCUT2D eigenvalue weighted by atomic mass is 32.2. The zero-order valence-corrected chi connectivity index (χ0v) is 18.6. The van der Waals surface area contributed by atoms with Gasteiger partial charge in [0.25, 0.3) is 5.91 Å². The summed E-state index contributed by atoms with van der Waals surface area (Å²) >= 11 is 0. The van der Waals surface area contributed by atoms with E-state index < -0.39 is 28.0 Å². The molecule has 0 spiro atoms. The van der Waals surface area contributed by atoms with Gasteiger partial charge < -0.3 is 14.8 Å². The highest BCUT2D eigenvalue weighted by Gasteiger charge is 2.38. The molecule has 0 radical (unpaired) electrons. The van der Waals surface area contributed by atoms with Crippen LogP contribution in [0.25, 0.3) is 0 Å². The van der Waals surface area contributed by atoms with Crippen LogP contribution >= 0.6 is 0 Å². The van der Waals surface area contributed by atoms with Crippen LogP contribution in [0.5, 0.6) is 17.2 Å². The van der Waals surface area contributed by atoms with Crippen LogP contribution in [0.1, 0.15) is 22.8 Å². The SMILES string of the molecule is Cn1ccc(NC(=O)c2cc(Oc3ccc(S(C)(=O)=O)cc3)c3c(c2)OC(C)(CF)C3)n1. The van der Waals surface area contributed by atoms with Gasteiger partial charge in [0.1, 0.15) is 29.5 Å². The topological polar surface area (TPSA) is 99.5 Å². The number of hydrogen-bond acceptors (Lipinski definition) is 6. The predicted octanol–water partition coefficient (Wildman–Crippen LogP) is 3.53. The summed E-state index contributed by atoms with van der Waals surface area (Å²) in [5.41, 5.74) is -0.177. The molecule has 0 aliphatic carbocycles. The molecule has 8 nitrogen and oxygen atoms in total. The monoisotopic (exact) mass is 459 g/mol.